The number of hydrogen-bond donors (Lipinski definition) is 1. The van der Waals surface area contributed by atoms with Crippen molar-refractivity contribution in [2.24, 2.45) is 0 Å². The quantitative estimate of drug-likeness (QED) is 0.807. The number of anilines is 2. The zero-order chi connectivity index (χ0) is 13.1. The molecule has 3 nitrogen and oxygen atoms in total. The lowest BCUT2D eigenvalue weighted by atomic mass is 10.2. The molecule has 0 aliphatic carbocycles. The Labute approximate surface area is 124 Å². The molecule has 0 atom stereocenters. The monoisotopic (exact) mass is 345 g/mol. The summed E-state index contributed by atoms with van der Waals surface area (Å²) >= 11 is 15.4. The minimum Gasteiger partial charge on any atom is -0.340 e. The standard InChI is InChI=1S/C12H10BrCl2N3/c1-2-8-11(15)16-6-17-12(8)18-7-3-4-9(13)10(14)5-7/h3-6H,2H2,1H3,(H,16,17,18). The second kappa shape index (κ2) is 5.87. The van der Waals surface area contributed by atoms with Crippen LogP contribution >= 0.6 is 39.1 Å². The van der Waals surface area contributed by atoms with Crippen molar-refractivity contribution in [3.05, 3.63) is 44.7 Å². The molecule has 1 N–H and O–H groups in total. The fourth-order valence-corrected chi connectivity index (χ4v) is 2.22. The molecule has 0 unspecified atom stereocenters. The van der Waals surface area contributed by atoms with E-state index < -0.39 is 0 Å². The van der Waals surface area contributed by atoms with Crippen molar-refractivity contribution >= 4 is 50.6 Å². The summed E-state index contributed by atoms with van der Waals surface area (Å²) in [4.78, 5) is 8.16. The maximum atomic E-state index is 6.04. The van der Waals surface area contributed by atoms with Gasteiger partial charge in [-0.25, -0.2) is 9.97 Å². The van der Waals surface area contributed by atoms with Crippen LogP contribution in [0, 0.1) is 0 Å². The summed E-state index contributed by atoms with van der Waals surface area (Å²) in [7, 11) is 0. The first-order valence-electron chi connectivity index (χ1n) is 5.33. The highest BCUT2D eigenvalue weighted by Crippen LogP contribution is 2.28. The second-order valence-corrected chi connectivity index (χ2v) is 5.22. The third kappa shape index (κ3) is 2.94. The number of aromatic nitrogens is 2. The Morgan fingerprint density at radius 3 is 2.72 bits per heavy atom. The van der Waals surface area contributed by atoms with E-state index in [4.69, 9.17) is 23.2 Å². The lowest BCUT2D eigenvalue weighted by Gasteiger charge is -2.11. The molecule has 0 aliphatic heterocycles. The zero-order valence-electron chi connectivity index (χ0n) is 9.54. The van der Waals surface area contributed by atoms with Gasteiger partial charge in [-0.3, -0.25) is 0 Å². The maximum Gasteiger partial charge on any atom is 0.138 e. The minimum atomic E-state index is 0.471. The Morgan fingerprint density at radius 2 is 2.06 bits per heavy atom. The molecule has 0 amide bonds. The first-order chi connectivity index (χ1) is 8.61. The molecular weight excluding hydrogens is 337 g/mol. The van der Waals surface area contributed by atoms with E-state index >= 15 is 0 Å². The molecule has 0 aliphatic rings. The van der Waals surface area contributed by atoms with Crippen LogP contribution in [0.3, 0.4) is 0 Å². The van der Waals surface area contributed by atoms with Crippen molar-refractivity contribution in [3.63, 3.8) is 0 Å². The number of rotatable bonds is 3. The number of halogens is 3. The second-order valence-electron chi connectivity index (χ2n) is 3.60. The average Bonchev–Trinajstić information content (AvgIpc) is 2.34. The molecule has 6 heteroatoms. The van der Waals surface area contributed by atoms with Gasteiger partial charge >= 0.3 is 0 Å². The zero-order valence-corrected chi connectivity index (χ0v) is 12.6. The summed E-state index contributed by atoms with van der Waals surface area (Å²) in [5, 5.41) is 4.30. The first-order valence-corrected chi connectivity index (χ1v) is 6.88. The molecular formula is C12H10BrCl2N3. The highest BCUT2D eigenvalue weighted by atomic mass is 79.9. The van der Waals surface area contributed by atoms with E-state index in [1.807, 2.05) is 25.1 Å². The number of hydrogen-bond acceptors (Lipinski definition) is 3. The van der Waals surface area contributed by atoms with Gasteiger partial charge in [-0.2, -0.15) is 0 Å². The van der Waals surface area contributed by atoms with E-state index in [0.717, 1.165) is 22.1 Å². The minimum absolute atomic E-state index is 0.471. The SMILES string of the molecule is CCc1c(Cl)ncnc1Nc1ccc(Br)c(Cl)c1. The molecule has 0 fully saturated rings. The molecule has 1 aromatic heterocycles. The van der Waals surface area contributed by atoms with Gasteiger partial charge in [-0.15, -0.1) is 0 Å². The highest BCUT2D eigenvalue weighted by Gasteiger charge is 2.08. The van der Waals surface area contributed by atoms with Crippen molar-refractivity contribution in [1.29, 1.82) is 0 Å². The Balaban J connectivity index is 2.34. The molecule has 0 saturated carbocycles. The molecule has 0 radical (unpaired) electrons. The van der Waals surface area contributed by atoms with E-state index in [-0.39, 0.29) is 0 Å². The average molecular weight is 347 g/mol. The van der Waals surface area contributed by atoms with Gasteiger partial charge in [0.1, 0.15) is 17.3 Å². The Bertz CT molecular complexity index is 575. The number of nitrogens with zero attached hydrogens (tertiary/aromatic N) is 2. The molecule has 94 valence electrons. The van der Waals surface area contributed by atoms with Gasteiger partial charge in [0.15, 0.2) is 0 Å². The number of benzene rings is 1. The lowest BCUT2D eigenvalue weighted by molar-refractivity contribution is 1.05. The molecule has 2 aromatic rings. The Hall–Kier alpha value is -0.840. The molecule has 0 bridgehead atoms. The van der Waals surface area contributed by atoms with Crippen LogP contribution in [0.5, 0.6) is 0 Å². The van der Waals surface area contributed by atoms with Crippen molar-refractivity contribution in [3.8, 4) is 0 Å². The summed E-state index contributed by atoms with van der Waals surface area (Å²) in [6.45, 7) is 2.00. The molecule has 1 aromatic carbocycles. The van der Waals surface area contributed by atoms with Gasteiger partial charge in [0, 0.05) is 15.7 Å². The Morgan fingerprint density at radius 1 is 1.28 bits per heavy atom. The maximum absolute atomic E-state index is 6.04. The predicted molar refractivity (Wildman–Crippen MR) is 78.9 cm³/mol. The van der Waals surface area contributed by atoms with Gasteiger partial charge < -0.3 is 5.32 Å². The summed E-state index contributed by atoms with van der Waals surface area (Å²) in [6, 6.07) is 5.60. The smallest absolute Gasteiger partial charge is 0.138 e. The predicted octanol–water partition coefficient (Wildman–Crippen LogP) is 4.85. The van der Waals surface area contributed by atoms with Crippen LogP contribution < -0.4 is 5.32 Å². The number of nitrogens with one attached hydrogen (secondary N) is 1. The van der Waals surface area contributed by atoms with Crippen molar-refractivity contribution < 1.29 is 0 Å². The van der Waals surface area contributed by atoms with Gasteiger partial charge in [0.2, 0.25) is 0 Å². The van der Waals surface area contributed by atoms with Crippen LogP contribution in [0.15, 0.2) is 29.0 Å². The van der Waals surface area contributed by atoms with Crippen LogP contribution in [0.4, 0.5) is 11.5 Å². The first kappa shape index (κ1) is 13.6. The van der Waals surface area contributed by atoms with E-state index in [0.29, 0.717) is 16.0 Å². The van der Waals surface area contributed by atoms with Gasteiger partial charge in [-0.1, -0.05) is 30.1 Å². The molecule has 0 saturated heterocycles. The summed E-state index contributed by atoms with van der Waals surface area (Å²) in [6.07, 6.45) is 2.19. The molecule has 1 heterocycles. The van der Waals surface area contributed by atoms with E-state index in [1.54, 1.807) is 0 Å². The van der Waals surface area contributed by atoms with Gasteiger partial charge in [0.25, 0.3) is 0 Å². The fourth-order valence-electron chi connectivity index (χ4n) is 1.52. The lowest BCUT2D eigenvalue weighted by Crippen LogP contribution is -2.00. The highest BCUT2D eigenvalue weighted by molar-refractivity contribution is 9.10. The Kier molecular flexibility index (Phi) is 4.43. The molecule has 0 spiro atoms. The van der Waals surface area contributed by atoms with Gasteiger partial charge in [-0.05, 0) is 40.5 Å². The van der Waals surface area contributed by atoms with E-state index in [2.05, 4.69) is 31.2 Å². The van der Waals surface area contributed by atoms with Crippen LogP contribution in [-0.2, 0) is 6.42 Å². The van der Waals surface area contributed by atoms with Crippen molar-refractivity contribution in [1.82, 2.24) is 9.97 Å². The molecule has 18 heavy (non-hydrogen) atoms. The fraction of sp³-hybridized carbons (Fsp3) is 0.167. The van der Waals surface area contributed by atoms with Crippen molar-refractivity contribution in [2.75, 3.05) is 5.32 Å². The summed E-state index contributed by atoms with van der Waals surface area (Å²) in [5.41, 5.74) is 1.74. The van der Waals surface area contributed by atoms with Crippen molar-refractivity contribution in [2.45, 2.75) is 13.3 Å². The summed E-state index contributed by atoms with van der Waals surface area (Å²) < 4.78 is 0.853. The normalized spacial score (nSPS) is 10.4. The van der Waals surface area contributed by atoms with Crippen LogP contribution in [0.25, 0.3) is 0 Å². The third-order valence-corrected chi connectivity index (χ3v) is 3.99. The molecule has 2 rings (SSSR count). The van der Waals surface area contributed by atoms with Gasteiger partial charge in [0.05, 0.1) is 5.02 Å². The summed E-state index contributed by atoms with van der Waals surface area (Å²) in [5.74, 6) is 0.705. The van der Waals surface area contributed by atoms with Crippen LogP contribution in [-0.4, -0.2) is 9.97 Å². The van der Waals surface area contributed by atoms with E-state index in [9.17, 15) is 0 Å². The largest absolute Gasteiger partial charge is 0.340 e. The van der Waals surface area contributed by atoms with E-state index in [1.165, 1.54) is 6.33 Å². The third-order valence-electron chi connectivity index (χ3n) is 2.43. The van der Waals surface area contributed by atoms with Crippen LogP contribution in [0.2, 0.25) is 10.2 Å². The topological polar surface area (TPSA) is 37.8 Å². The van der Waals surface area contributed by atoms with Crippen LogP contribution in [0.1, 0.15) is 12.5 Å².